The van der Waals surface area contributed by atoms with Crippen molar-refractivity contribution in [2.24, 2.45) is 0 Å². The first-order valence-corrected chi connectivity index (χ1v) is 9.19. The van der Waals surface area contributed by atoms with E-state index in [-0.39, 0.29) is 0 Å². The van der Waals surface area contributed by atoms with E-state index in [1.54, 1.807) is 31.4 Å². The van der Waals surface area contributed by atoms with Crippen LogP contribution in [0.15, 0.2) is 78.9 Å². The van der Waals surface area contributed by atoms with Crippen LogP contribution in [0, 0.1) is 0 Å². The molecule has 0 saturated carbocycles. The molecule has 3 aromatic carbocycles. The van der Waals surface area contributed by atoms with Crippen molar-refractivity contribution < 1.29 is 19.1 Å². The number of methoxy groups -OCH3 is 1. The molecule has 0 aromatic heterocycles. The largest absolute Gasteiger partial charge is 0.497 e. The maximum Gasteiger partial charge on any atom is 0.313 e. The number of anilines is 1. The Balaban J connectivity index is 1.44. The Morgan fingerprint density at radius 3 is 2.03 bits per heavy atom. The molecular weight excluding hydrogens is 368 g/mol. The molecule has 3 rings (SSSR count). The molecular formula is C23H22N2O4. The van der Waals surface area contributed by atoms with Gasteiger partial charge in [0.25, 0.3) is 0 Å². The highest BCUT2D eigenvalue weighted by molar-refractivity contribution is 6.39. The summed E-state index contributed by atoms with van der Waals surface area (Å²) in [5, 5.41) is 5.19. The molecule has 0 unspecified atom stereocenters. The number of carbonyl (C=O) groups excluding carboxylic acids is 2. The third-order valence-corrected chi connectivity index (χ3v) is 4.16. The molecule has 0 aliphatic carbocycles. The number of hydrogen-bond acceptors (Lipinski definition) is 4. The minimum Gasteiger partial charge on any atom is -0.497 e. The summed E-state index contributed by atoms with van der Waals surface area (Å²) in [7, 11) is 1.61. The maximum atomic E-state index is 12.0. The quantitative estimate of drug-likeness (QED) is 0.602. The lowest BCUT2D eigenvalue weighted by Gasteiger charge is -2.09. The van der Waals surface area contributed by atoms with E-state index in [1.807, 2.05) is 54.6 Å². The average molecular weight is 390 g/mol. The third kappa shape index (κ3) is 6.10. The maximum absolute atomic E-state index is 12.0. The minimum atomic E-state index is -0.712. The van der Waals surface area contributed by atoms with Gasteiger partial charge in [-0.25, -0.2) is 0 Å². The lowest BCUT2D eigenvalue weighted by Crippen LogP contribution is -2.36. The van der Waals surface area contributed by atoms with E-state index in [0.29, 0.717) is 24.4 Å². The summed E-state index contributed by atoms with van der Waals surface area (Å²) in [5.41, 5.74) is 1.56. The Morgan fingerprint density at radius 2 is 1.38 bits per heavy atom. The molecule has 0 spiro atoms. The van der Waals surface area contributed by atoms with E-state index in [9.17, 15) is 9.59 Å². The second-order valence-corrected chi connectivity index (χ2v) is 6.25. The molecule has 0 saturated heterocycles. The molecule has 3 aromatic rings. The molecule has 0 bridgehead atoms. The van der Waals surface area contributed by atoms with Gasteiger partial charge in [0.05, 0.1) is 7.11 Å². The molecule has 0 fully saturated rings. The summed E-state index contributed by atoms with van der Waals surface area (Å²) in [5.74, 6) is 0.746. The van der Waals surface area contributed by atoms with Crippen LogP contribution in [0.4, 0.5) is 5.69 Å². The van der Waals surface area contributed by atoms with Crippen LogP contribution in [0.25, 0.3) is 0 Å². The number of nitrogens with one attached hydrogen (secondary N) is 2. The molecule has 148 valence electrons. The van der Waals surface area contributed by atoms with E-state index in [4.69, 9.17) is 9.47 Å². The van der Waals surface area contributed by atoms with Gasteiger partial charge < -0.3 is 20.1 Å². The first-order chi connectivity index (χ1) is 14.1. The van der Waals surface area contributed by atoms with E-state index >= 15 is 0 Å². The number of ether oxygens (including phenoxy) is 2. The van der Waals surface area contributed by atoms with Crippen molar-refractivity contribution in [1.29, 1.82) is 0 Å². The summed E-state index contributed by atoms with van der Waals surface area (Å²) >= 11 is 0. The van der Waals surface area contributed by atoms with Crippen molar-refractivity contribution in [3.63, 3.8) is 0 Å². The van der Waals surface area contributed by atoms with Crippen molar-refractivity contribution in [2.75, 3.05) is 19.0 Å². The molecule has 0 aliphatic rings. The summed E-state index contributed by atoms with van der Waals surface area (Å²) < 4.78 is 10.8. The van der Waals surface area contributed by atoms with Gasteiger partial charge >= 0.3 is 11.8 Å². The van der Waals surface area contributed by atoms with Crippen LogP contribution in [0.1, 0.15) is 5.56 Å². The number of rotatable bonds is 7. The third-order valence-electron chi connectivity index (χ3n) is 4.16. The van der Waals surface area contributed by atoms with Crippen molar-refractivity contribution in [3.8, 4) is 17.2 Å². The van der Waals surface area contributed by atoms with E-state index < -0.39 is 11.8 Å². The highest BCUT2D eigenvalue weighted by Gasteiger charge is 2.13. The molecule has 2 N–H and O–H groups in total. The van der Waals surface area contributed by atoms with Crippen LogP contribution in [0.5, 0.6) is 17.2 Å². The SMILES string of the molecule is COc1ccc(CCNC(=O)C(=O)Nc2ccc(Oc3ccccc3)cc2)cc1. The monoisotopic (exact) mass is 390 g/mol. The molecule has 0 heterocycles. The van der Waals surface area contributed by atoms with Crippen molar-refractivity contribution in [3.05, 3.63) is 84.4 Å². The first-order valence-electron chi connectivity index (χ1n) is 9.19. The van der Waals surface area contributed by atoms with Crippen molar-refractivity contribution in [1.82, 2.24) is 5.32 Å². The fraction of sp³-hybridized carbons (Fsp3) is 0.130. The molecule has 2 amide bonds. The van der Waals surface area contributed by atoms with Gasteiger partial charge in [-0.15, -0.1) is 0 Å². The predicted molar refractivity (Wildman–Crippen MR) is 111 cm³/mol. The number of benzene rings is 3. The van der Waals surface area contributed by atoms with Crippen LogP contribution in [0.3, 0.4) is 0 Å². The molecule has 0 radical (unpaired) electrons. The van der Waals surface area contributed by atoms with Gasteiger partial charge in [-0.2, -0.15) is 0 Å². The number of hydrogen-bond donors (Lipinski definition) is 2. The van der Waals surface area contributed by atoms with Crippen LogP contribution < -0.4 is 20.1 Å². The van der Waals surface area contributed by atoms with Crippen molar-refractivity contribution >= 4 is 17.5 Å². The van der Waals surface area contributed by atoms with Gasteiger partial charge in [0.1, 0.15) is 17.2 Å². The van der Waals surface area contributed by atoms with Gasteiger partial charge in [-0.05, 0) is 60.5 Å². The second-order valence-electron chi connectivity index (χ2n) is 6.25. The van der Waals surface area contributed by atoms with Gasteiger partial charge in [-0.1, -0.05) is 30.3 Å². The Hall–Kier alpha value is -3.80. The summed E-state index contributed by atoms with van der Waals surface area (Å²) in [6.07, 6.45) is 0.620. The minimum absolute atomic E-state index is 0.364. The normalized spacial score (nSPS) is 10.1. The highest BCUT2D eigenvalue weighted by atomic mass is 16.5. The molecule has 6 nitrogen and oxygen atoms in total. The molecule has 29 heavy (non-hydrogen) atoms. The standard InChI is InChI=1S/C23H22N2O4/c1-28-19-11-7-17(8-12-19)15-16-24-22(26)23(27)25-18-9-13-21(14-10-18)29-20-5-3-2-4-6-20/h2-14H,15-16H2,1H3,(H,24,26)(H,25,27). The second kappa shape index (κ2) is 9.94. The Labute approximate surface area is 169 Å². The van der Waals surface area contributed by atoms with Gasteiger partial charge in [-0.3, -0.25) is 9.59 Å². The lowest BCUT2D eigenvalue weighted by molar-refractivity contribution is -0.136. The topological polar surface area (TPSA) is 76.7 Å². The van der Waals surface area contributed by atoms with Gasteiger partial charge in [0.2, 0.25) is 0 Å². The van der Waals surface area contributed by atoms with Crippen LogP contribution in [-0.2, 0) is 16.0 Å². The fourth-order valence-corrected chi connectivity index (χ4v) is 2.61. The zero-order valence-electron chi connectivity index (χ0n) is 16.1. The predicted octanol–water partition coefficient (Wildman–Crippen LogP) is 3.78. The number of para-hydroxylation sites is 1. The number of carbonyl (C=O) groups is 2. The Bertz CT molecular complexity index is 939. The highest BCUT2D eigenvalue weighted by Crippen LogP contribution is 2.22. The van der Waals surface area contributed by atoms with Crippen LogP contribution in [0.2, 0.25) is 0 Å². The van der Waals surface area contributed by atoms with Gasteiger partial charge in [0.15, 0.2) is 0 Å². The summed E-state index contributed by atoms with van der Waals surface area (Å²) in [4.78, 5) is 24.0. The summed E-state index contributed by atoms with van der Waals surface area (Å²) in [6.45, 7) is 0.364. The van der Waals surface area contributed by atoms with Gasteiger partial charge in [0, 0.05) is 12.2 Å². The van der Waals surface area contributed by atoms with E-state index in [0.717, 1.165) is 17.1 Å². The van der Waals surface area contributed by atoms with Crippen LogP contribution >= 0.6 is 0 Å². The Morgan fingerprint density at radius 1 is 0.759 bits per heavy atom. The lowest BCUT2D eigenvalue weighted by atomic mass is 10.1. The zero-order chi connectivity index (χ0) is 20.5. The fourth-order valence-electron chi connectivity index (χ4n) is 2.61. The zero-order valence-corrected chi connectivity index (χ0v) is 16.1. The molecule has 0 atom stereocenters. The van der Waals surface area contributed by atoms with Crippen LogP contribution in [-0.4, -0.2) is 25.5 Å². The van der Waals surface area contributed by atoms with E-state index in [2.05, 4.69) is 10.6 Å². The molecule has 6 heteroatoms. The first kappa shape index (κ1) is 19.9. The average Bonchev–Trinajstić information content (AvgIpc) is 2.76. The molecule has 0 aliphatic heterocycles. The van der Waals surface area contributed by atoms with Crippen molar-refractivity contribution in [2.45, 2.75) is 6.42 Å². The summed E-state index contributed by atoms with van der Waals surface area (Å²) in [6, 6.07) is 23.8. The smallest absolute Gasteiger partial charge is 0.313 e. The van der Waals surface area contributed by atoms with E-state index in [1.165, 1.54) is 0 Å². The number of amides is 2. The Kier molecular flexibility index (Phi) is 6.84.